The number of piperazine rings is 1. The maximum absolute atomic E-state index is 11.8. The zero-order valence-corrected chi connectivity index (χ0v) is 16.9. The fourth-order valence-corrected chi connectivity index (χ4v) is 2.70. The van der Waals surface area contributed by atoms with Gasteiger partial charge in [0.1, 0.15) is 0 Å². The number of unbranched alkanes of at least 4 members (excludes halogenated alkanes) is 1. The van der Waals surface area contributed by atoms with Crippen LogP contribution in [0.4, 0.5) is 0 Å². The van der Waals surface area contributed by atoms with Crippen molar-refractivity contribution in [1.29, 1.82) is 0 Å². The quantitative estimate of drug-likeness (QED) is 0.356. The molecule has 7 heteroatoms. The first-order valence-corrected chi connectivity index (χ1v) is 9.92. The number of nitrogens with zero attached hydrogens (tertiary/aromatic N) is 3. The number of likely N-dealkylation sites (N-methyl/N-ethyl adjacent to an activating group) is 2. The standard InChI is InChI=1S/C19H37N3O4/c1-4-7-18(23)25-16-5-6-17-26-19(24)8-9-20(2)10-13-22-14-11-21(3)12-15-22/h4-17H2,1-3H3. The Balaban J connectivity index is 1.94. The summed E-state index contributed by atoms with van der Waals surface area (Å²) in [5.41, 5.74) is 0. The molecule has 1 saturated heterocycles. The number of ether oxygens (including phenoxy) is 2. The van der Waals surface area contributed by atoms with Gasteiger partial charge in [-0.15, -0.1) is 0 Å². The molecule has 1 fully saturated rings. The summed E-state index contributed by atoms with van der Waals surface area (Å²) in [6, 6.07) is 0. The Hall–Kier alpha value is -1.18. The third kappa shape index (κ3) is 11.4. The van der Waals surface area contributed by atoms with Crippen LogP contribution in [-0.4, -0.2) is 99.8 Å². The van der Waals surface area contributed by atoms with Crippen molar-refractivity contribution in [2.24, 2.45) is 0 Å². The molecule has 1 rings (SSSR count). The first-order valence-electron chi connectivity index (χ1n) is 9.92. The molecule has 0 aromatic carbocycles. The van der Waals surface area contributed by atoms with Crippen LogP contribution in [0.1, 0.15) is 39.0 Å². The highest BCUT2D eigenvalue weighted by molar-refractivity contribution is 5.69. The zero-order chi connectivity index (χ0) is 19.2. The van der Waals surface area contributed by atoms with Gasteiger partial charge in [-0.05, 0) is 33.4 Å². The lowest BCUT2D eigenvalue weighted by molar-refractivity contribution is -0.146. The number of carbonyl (C=O) groups excluding carboxylic acids is 2. The Kier molecular flexibility index (Phi) is 12.3. The summed E-state index contributed by atoms with van der Waals surface area (Å²) in [5.74, 6) is -0.302. The lowest BCUT2D eigenvalue weighted by Gasteiger charge is -2.33. The molecule has 152 valence electrons. The molecule has 0 saturated carbocycles. The summed E-state index contributed by atoms with van der Waals surface area (Å²) in [7, 11) is 4.21. The van der Waals surface area contributed by atoms with E-state index in [0.29, 0.717) is 26.1 Å². The van der Waals surface area contributed by atoms with Crippen LogP contribution in [-0.2, 0) is 19.1 Å². The smallest absolute Gasteiger partial charge is 0.307 e. The van der Waals surface area contributed by atoms with E-state index in [4.69, 9.17) is 9.47 Å². The van der Waals surface area contributed by atoms with Gasteiger partial charge in [0.25, 0.3) is 0 Å². The highest BCUT2D eigenvalue weighted by atomic mass is 16.5. The molecule has 0 aromatic rings. The number of carbonyl (C=O) groups is 2. The Morgan fingerprint density at radius 3 is 2.08 bits per heavy atom. The third-order valence-corrected chi connectivity index (χ3v) is 4.61. The number of esters is 2. The topological polar surface area (TPSA) is 62.3 Å². The van der Waals surface area contributed by atoms with E-state index < -0.39 is 0 Å². The minimum atomic E-state index is -0.153. The van der Waals surface area contributed by atoms with E-state index >= 15 is 0 Å². The number of hydrogen-bond donors (Lipinski definition) is 0. The van der Waals surface area contributed by atoms with E-state index in [1.54, 1.807) is 0 Å². The van der Waals surface area contributed by atoms with Gasteiger partial charge in [-0.3, -0.25) is 14.5 Å². The van der Waals surface area contributed by atoms with Crippen molar-refractivity contribution < 1.29 is 19.1 Å². The van der Waals surface area contributed by atoms with Gasteiger partial charge in [-0.2, -0.15) is 0 Å². The van der Waals surface area contributed by atoms with Crippen LogP contribution in [0.5, 0.6) is 0 Å². The molecular weight excluding hydrogens is 334 g/mol. The zero-order valence-electron chi connectivity index (χ0n) is 16.9. The van der Waals surface area contributed by atoms with E-state index in [0.717, 1.165) is 65.1 Å². The van der Waals surface area contributed by atoms with Crippen LogP contribution < -0.4 is 0 Å². The molecule has 0 radical (unpaired) electrons. The van der Waals surface area contributed by atoms with Crippen molar-refractivity contribution in [2.45, 2.75) is 39.0 Å². The van der Waals surface area contributed by atoms with Gasteiger partial charge in [-0.1, -0.05) is 6.92 Å². The maximum Gasteiger partial charge on any atom is 0.307 e. The minimum Gasteiger partial charge on any atom is -0.466 e. The van der Waals surface area contributed by atoms with Crippen molar-refractivity contribution in [3.8, 4) is 0 Å². The molecule has 0 bridgehead atoms. The van der Waals surface area contributed by atoms with Crippen LogP contribution in [0, 0.1) is 0 Å². The van der Waals surface area contributed by atoms with Crippen LogP contribution in [0.2, 0.25) is 0 Å². The third-order valence-electron chi connectivity index (χ3n) is 4.61. The second-order valence-corrected chi connectivity index (χ2v) is 7.10. The molecule has 0 unspecified atom stereocenters. The Bertz CT molecular complexity index is 398. The predicted molar refractivity (Wildman–Crippen MR) is 102 cm³/mol. The molecular formula is C19H37N3O4. The van der Waals surface area contributed by atoms with Crippen molar-refractivity contribution in [1.82, 2.24) is 14.7 Å². The highest BCUT2D eigenvalue weighted by Gasteiger charge is 2.14. The normalized spacial score (nSPS) is 16.0. The molecule has 0 aliphatic carbocycles. The summed E-state index contributed by atoms with van der Waals surface area (Å²) >= 11 is 0. The van der Waals surface area contributed by atoms with E-state index in [-0.39, 0.29) is 11.9 Å². The molecule has 0 atom stereocenters. The molecule has 0 spiro atoms. The van der Waals surface area contributed by atoms with Gasteiger partial charge in [0.05, 0.1) is 19.6 Å². The van der Waals surface area contributed by atoms with Crippen molar-refractivity contribution in [3.05, 3.63) is 0 Å². The summed E-state index contributed by atoms with van der Waals surface area (Å²) in [6.45, 7) is 10.0. The Labute approximate surface area is 158 Å². The monoisotopic (exact) mass is 371 g/mol. The van der Waals surface area contributed by atoms with Crippen LogP contribution >= 0.6 is 0 Å². The molecule has 1 aliphatic rings. The summed E-state index contributed by atoms with van der Waals surface area (Å²) < 4.78 is 10.3. The van der Waals surface area contributed by atoms with Gasteiger partial charge in [0.2, 0.25) is 0 Å². The fraction of sp³-hybridized carbons (Fsp3) is 0.895. The van der Waals surface area contributed by atoms with Crippen LogP contribution in [0.15, 0.2) is 0 Å². The average molecular weight is 372 g/mol. The second kappa shape index (κ2) is 13.9. The van der Waals surface area contributed by atoms with E-state index in [9.17, 15) is 9.59 Å². The second-order valence-electron chi connectivity index (χ2n) is 7.10. The summed E-state index contributed by atoms with van der Waals surface area (Å²) in [5, 5.41) is 0. The molecule has 1 aliphatic heterocycles. The molecule has 7 nitrogen and oxygen atoms in total. The van der Waals surface area contributed by atoms with Crippen molar-refractivity contribution in [3.63, 3.8) is 0 Å². The first kappa shape index (κ1) is 22.9. The van der Waals surface area contributed by atoms with Crippen LogP contribution in [0.3, 0.4) is 0 Å². The SMILES string of the molecule is CCCC(=O)OCCCCOC(=O)CCN(C)CCN1CCN(C)CC1. The Morgan fingerprint density at radius 1 is 0.923 bits per heavy atom. The van der Waals surface area contributed by atoms with E-state index in [1.807, 2.05) is 14.0 Å². The van der Waals surface area contributed by atoms with E-state index in [1.165, 1.54) is 0 Å². The molecule has 1 heterocycles. The van der Waals surface area contributed by atoms with Gasteiger partial charge in [0, 0.05) is 52.2 Å². The summed E-state index contributed by atoms with van der Waals surface area (Å²) in [4.78, 5) is 30.0. The molecule has 0 N–H and O–H groups in total. The average Bonchev–Trinajstić information content (AvgIpc) is 2.62. The Morgan fingerprint density at radius 2 is 1.50 bits per heavy atom. The van der Waals surface area contributed by atoms with Gasteiger partial charge >= 0.3 is 11.9 Å². The molecule has 0 amide bonds. The maximum atomic E-state index is 11.8. The number of hydrogen-bond acceptors (Lipinski definition) is 7. The first-order chi connectivity index (χ1) is 12.5. The fourth-order valence-electron chi connectivity index (χ4n) is 2.70. The summed E-state index contributed by atoms with van der Waals surface area (Å²) in [6.07, 6.45) is 3.15. The lowest BCUT2D eigenvalue weighted by Crippen LogP contribution is -2.46. The van der Waals surface area contributed by atoms with Crippen molar-refractivity contribution in [2.75, 3.05) is 73.1 Å². The van der Waals surface area contributed by atoms with E-state index in [2.05, 4.69) is 21.7 Å². The lowest BCUT2D eigenvalue weighted by atomic mass is 10.3. The highest BCUT2D eigenvalue weighted by Crippen LogP contribution is 2.00. The van der Waals surface area contributed by atoms with Gasteiger partial charge < -0.3 is 19.3 Å². The molecule has 26 heavy (non-hydrogen) atoms. The van der Waals surface area contributed by atoms with Gasteiger partial charge in [-0.25, -0.2) is 0 Å². The minimum absolute atomic E-state index is 0.149. The van der Waals surface area contributed by atoms with Crippen molar-refractivity contribution >= 4 is 11.9 Å². The number of rotatable bonds is 13. The molecule has 0 aromatic heterocycles. The van der Waals surface area contributed by atoms with Gasteiger partial charge in [0.15, 0.2) is 0 Å². The predicted octanol–water partition coefficient (Wildman–Crippen LogP) is 1.22. The largest absolute Gasteiger partial charge is 0.466 e. The van der Waals surface area contributed by atoms with Crippen LogP contribution in [0.25, 0.3) is 0 Å².